The van der Waals surface area contributed by atoms with E-state index in [-0.39, 0.29) is 30.3 Å². The fourth-order valence-corrected chi connectivity index (χ4v) is 5.01. The minimum absolute atomic E-state index is 0.0320. The van der Waals surface area contributed by atoms with Crippen molar-refractivity contribution >= 4 is 29.3 Å². The molecule has 3 aromatic carbocycles. The molecule has 3 N–H and O–H groups in total. The smallest absolute Gasteiger partial charge is 0.336 e. The van der Waals surface area contributed by atoms with Gasteiger partial charge < -0.3 is 25.0 Å². The number of hydrogen-bond donors (Lipinski definition) is 3. The topological polar surface area (TPSA) is 105 Å². The fraction of sp³-hybridized carbons (Fsp3) is 0.259. The van der Waals surface area contributed by atoms with Gasteiger partial charge in [0.05, 0.1) is 24.4 Å². The molecular formula is C27H27NO6S. The zero-order valence-corrected chi connectivity index (χ0v) is 20.0. The molecule has 0 radical (unpaired) electrons. The first kappa shape index (κ1) is 24.9. The van der Waals surface area contributed by atoms with Crippen LogP contribution in [0, 0.1) is 0 Å². The van der Waals surface area contributed by atoms with Crippen LogP contribution in [0.15, 0.2) is 77.7 Å². The fourth-order valence-electron chi connectivity index (χ4n) is 3.94. The van der Waals surface area contributed by atoms with E-state index in [0.29, 0.717) is 22.8 Å². The number of aliphatic hydroxyl groups is 1. The molecule has 0 aliphatic carbocycles. The Hall–Kier alpha value is -3.17. The van der Waals surface area contributed by atoms with Crippen LogP contribution in [0.25, 0.3) is 0 Å². The summed E-state index contributed by atoms with van der Waals surface area (Å²) in [7, 11) is 0. The lowest BCUT2D eigenvalue weighted by Crippen LogP contribution is -2.31. The number of nitrogens with one attached hydrogen (secondary N) is 1. The summed E-state index contributed by atoms with van der Waals surface area (Å²) in [5.41, 5.74) is 3.47. The highest BCUT2D eigenvalue weighted by molar-refractivity contribution is 7.99. The zero-order chi connectivity index (χ0) is 24.8. The molecule has 0 unspecified atom stereocenters. The number of hydrogen-bond acceptors (Lipinski definition) is 6. The molecule has 4 rings (SSSR count). The molecule has 0 saturated carbocycles. The Kier molecular flexibility index (Phi) is 8.20. The molecule has 0 spiro atoms. The maximum Gasteiger partial charge on any atom is 0.336 e. The summed E-state index contributed by atoms with van der Waals surface area (Å²) in [5.74, 6) is -0.586. The number of benzene rings is 3. The molecule has 1 fully saturated rings. The number of aromatic carboxylic acids is 1. The standard InChI is InChI=1S/C27H27NO6S/c1-17(30)28-21-6-4-5-20(13-21)27-33-22(16-35-25-8-3-2-7-23(25)26(31)32)14-24(34-27)19-11-9-18(15-29)10-12-19/h2-13,22,24,27,29H,14-16H2,1H3,(H,28,30)(H,31,32)/t22-,24+,27+/m0/s1. The summed E-state index contributed by atoms with van der Waals surface area (Å²) in [5, 5.41) is 21.7. The molecule has 1 aliphatic rings. The van der Waals surface area contributed by atoms with Gasteiger partial charge in [-0.3, -0.25) is 4.79 Å². The van der Waals surface area contributed by atoms with E-state index in [0.717, 1.165) is 16.7 Å². The van der Waals surface area contributed by atoms with Gasteiger partial charge in [0.25, 0.3) is 0 Å². The van der Waals surface area contributed by atoms with Crippen LogP contribution in [0.3, 0.4) is 0 Å². The van der Waals surface area contributed by atoms with Gasteiger partial charge in [0.2, 0.25) is 5.91 Å². The van der Waals surface area contributed by atoms with E-state index in [4.69, 9.17) is 9.47 Å². The second-order valence-electron chi connectivity index (χ2n) is 8.27. The third-order valence-corrected chi connectivity index (χ3v) is 6.84. The molecular weight excluding hydrogens is 466 g/mol. The Morgan fingerprint density at radius 2 is 1.77 bits per heavy atom. The summed E-state index contributed by atoms with van der Waals surface area (Å²) >= 11 is 1.44. The van der Waals surface area contributed by atoms with E-state index in [2.05, 4.69) is 5.32 Å². The van der Waals surface area contributed by atoms with Crippen LogP contribution >= 0.6 is 11.8 Å². The first-order valence-corrected chi connectivity index (χ1v) is 12.2. The Morgan fingerprint density at radius 1 is 1.00 bits per heavy atom. The third kappa shape index (κ3) is 6.49. The number of ether oxygens (including phenoxy) is 2. The number of carbonyl (C=O) groups excluding carboxylic acids is 1. The average Bonchev–Trinajstić information content (AvgIpc) is 2.87. The van der Waals surface area contributed by atoms with Gasteiger partial charge in [-0.25, -0.2) is 4.79 Å². The van der Waals surface area contributed by atoms with Crippen molar-refractivity contribution in [1.82, 2.24) is 0 Å². The summed E-state index contributed by atoms with van der Waals surface area (Å²) in [6, 6.07) is 21.9. The largest absolute Gasteiger partial charge is 0.478 e. The summed E-state index contributed by atoms with van der Waals surface area (Å²) in [6.45, 7) is 1.42. The van der Waals surface area contributed by atoms with Crippen molar-refractivity contribution in [1.29, 1.82) is 0 Å². The van der Waals surface area contributed by atoms with E-state index in [9.17, 15) is 19.8 Å². The second kappa shape index (κ2) is 11.5. The first-order valence-electron chi connectivity index (χ1n) is 11.3. The van der Waals surface area contributed by atoms with Gasteiger partial charge in [-0.15, -0.1) is 11.8 Å². The second-order valence-corrected chi connectivity index (χ2v) is 9.33. The van der Waals surface area contributed by atoms with Gasteiger partial charge in [0, 0.05) is 35.2 Å². The molecule has 3 atom stereocenters. The van der Waals surface area contributed by atoms with E-state index < -0.39 is 12.3 Å². The van der Waals surface area contributed by atoms with Crippen LogP contribution < -0.4 is 5.32 Å². The van der Waals surface area contributed by atoms with Crippen molar-refractivity contribution < 1.29 is 29.3 Å². The Balaban J connectivity index is 1.57. The van der Waals surface area contributed by atoms with Crippen LogP contribution in [0.5, 0.6) is 0 Å². The van der Waals surface area contributed by atoms with Crippen molar-refractivity contribution in [3.05, 3.63) is 95.1 Å². The van der Waals surface area contributed by atoms with Crippen LogP contribution in [0.4, 0.5) is 5.69 Å². The third-order valence-electron chi connectivity index (χ3n) is 5.64. The highest BCUT2D eigenvalue weighted by Gasteiger charge is 2.32. The molecule has 35 heavy (non-hydrogen) atoms. The number of carboxylic acids is 1. The van der Waals surface area contributed by atoms with Crippen LogP contribution in [-0.2, 0) is 20.9 Å². The number of anilines is 1. The Labute approximate surface area is 208 Å². The minimum atomic E-state index is -0.962. The van der Waals surface area contributed by atoms with Gasteiger partial charge >= 0.3 is 5.97 Å². The number of carboxylic acid groups (broad SMARTS) is 1. The van der Waals surface area contributed by atoms with Crippen molar-refractivity contribution in [2.45, 2.75) is 43.3 Å². The van der Waals surface area contributed by atoms with Gasteiger partial charge in [-0.2, -0.15) is 0 Å². The number of carbonyl (C=O) groups is 2. The van der Waals surface area contributed by atoms with E-state index in [1.165, 1.54) is 18.7 Å². The number of rotatable bonds is 8. The van der Waals surface area contributed by atoms with Crippen molar-refractivity contribution in [2.24, 2.45) is 0 Å². The summed E-state index contributed by atoms with van der Waals surface area (Å²) in [6.07, 6.45) is -0.554. The predicted molar refractivity (Wildman–Crippen MR) is 133 cm³/mol. The molecule has 182 valence electrons. The minimum Gasteiger partial charge on any atom is -0.478 e. The van der Waals surface area contributed by atoms with Crippen LogP contribution in [-0.4, -0.2) is 33.9 Å². The number of thioether (sulfide) groups is 1. The lowest BCUT2D eigenvalue weighted by atomic mass is 10.0. The molecule has 8 heteroatoms. The molecule has 0 aromatic heterocycles. The molecule has 1 amide bonds. The lowest BCUT2D eigenvalue weighted by molar-refractivity contribution is -0.245. The van der Waals surface area contributed by atoms with Crippen LogP contribution in [0.2, 0.25) is 0 Å². The maximum absolute atomic E-state index is 11.6. The van der Waals surface area contributed by atoms with E-state index >= 15 is 0 Å². The molecule has 1 aliphatic heterocycles. The van der Waals surface area contributed by atoms with Crippen molar-refractivity contribution in [3.63, 3.8) is 0 Å². The number of amides is 1. The predicted octanol–water partition coefficient (Wildman–Crippen LogP) is 5.17. The molecule has 1 heterocycles. The van der Waals surface area contributed by atoms with Crippen molar-refractivity contribution in [3.8, 4) is 0 Å². The molecule has 1 saturated heterocycles. The maximum atomic E-state index is 11.6. The average molecular weight is 494 g/mol. The highest BCUT2D eigenvalue weighted by atomic mass is 32.2. The molecule has 3 aromatic rings. The zero-order valence-electron chi connectivity index (χ0n) is 19.2. The van der Waals surface area contributed by atoms with E-state index in [1.54, 1.807) is 24.3 Å². The monoisotopic (exact) mass is 493 g/mol. The Morgan fingerprint density at radius 3 is 2.49 bits per heavy atom. The molecule has 0 bridgehead atoms. The summed E-state index contributed by atoms with van der Waals surface area (Å²) in [4.78, 5) is 23.8. The van der Waals surface area contributed by atoms with Gasteiger partial charge in [-0.1, -0.05) is 48.5 Å². The quantitative estimate of drug-likeness (QED) is 0.372. The van der Waals surface area contributed by atoms with Gasteiger partial charge in [-0.05, 0) is 35.4 Å². The summed E-state index contributed by atoms with van der Waals surface area (Å²) < 4.78 is 12.6. The van der Waals surface area contributed by atoms with Crippen molar-refractivity contribution in [2.75, 3.05) is 11.1 Å². The first-order chi connectivity index (χ1) is 16.9. The Bertz CT molecular complexity index is 1180. The van der Waals surface area contributed by atoms with Gasteiger partial charge in [0.15, 0.2) is 6.29 Å². The normalized spacial score (nSPS) is 19.8. The van der Waals surface area contributed by atoms with Crippen LogP contribution in [0.1, 0.15) is 52.8 Å². The number of aliphatic hydroxyl groups excluding tert-OH is 1. The lowest BCUT2D eigenvalue weighted by Gasteiger charge is -2.36. The van der Waals surface area contributed by atoms with E-state index in [1.807, 2.05) is 48.5 Å². The van der Waals surface area contributed by atoms with Gasteiger partial charge in [0.1, 0.15) is 0 Å². The highest BCUT2D eigenvalue weighted by Crippen LogP contribution is 2.40. The SMILES string of the molecule is CC(=O)Nc1cccc([C@@H]2O[C@H](CSc3ccccc3C(=O)O)C[C@H](c3ccc(CO)cc3)O2)c1. The molecule has 7 nitrogen and oxygen atoms in total.